The van der Waals surface area contributed by atoms with Gasteiger partial charge in [-0.2, -0.15) is 4.09 Å². The molecule has 1 unspecified atom stereocenters. The summed E-state index contributed by atoms with van der Waals surface area (Å²) in [6.45, 7) is 5.64. The summed E-state index contributed by atoms with van der Waals surface area (Å²) in [5.74, 6) is 0.790. The summed E-state index contributed by atoms with van der Waals surface area (Å²) in [6.07, 6.45) is 0. The van der Waals surface area contributed by atoms with Gasteiger partial charge in [-0.15, -0.1) is 5.10 Å². The Kier molecular flexibility index (Phi) is 5.22. The normalized spacial score (nSPS) is 13.6. The van der Waals surface area contributed by atoms with Crippen LogP contribution in [0.1, 0.15) is 19.4 Å². The molecule has 0 amide bonds. The summed E-state index contributed by atoms with van der Waals surface area (Å²) >= 11 is 4.44. The van der Waals surface area contributed by atoms with Gasteiger partial charge in [0.25, 0.3) is 5.56 Å². The molecule has 0 saturated heterocycles. The first-order chi connectivity index (χ1) is 8.36. The van der Waals surface area contributed by atoms with E-state index in [1.165, 1.54) is 13.2 Å². The first-order valence-corrected chi connectivity index (χ1v) is 7.34. The van der Waals surface area contributed by atoms with Crippen LogP contribution in [0, 0.1) is 12.8 Å². The number of carbonyl (C=O) groups excluding carboxylic acids is 1. The second kappa shape index (κ2) is 6.24. The summed E-state index contributed by atoms with van der Waals surface area (Å²) in [5.41, 5.74) is 0.274. The number of ether oxygens (including phenoxy) is 1. The van der Waals surface area contributed by atoms with Gasteiger partial charge in [-0.1, -0.05) is 36.5 Å². The van der Waals surface area contributed by atoms with Crippen LogP contribution in [0.2, 0.25) is 5.15 Å². The molecular weight excluding hydrogens is 276 g/mol. The van der Waals surface area contributed by atoms with Gasteiger partial charge in [-0.25, -0.2) is 4.79 Å². The minimum absolute atomic E-state index is 0.231. The fraction of sp³-hybridized carbons (Fsp3) is 0.545. The molecule has 0 fully saturated rings. The van der Waals surface area contributed by atoms with Crippen LogP contribution in [0.3, 0.4) is 0 Å². The van der Waals surface area contributed by atoms with Gasteiger partial charge < -0.3 is 4.74 Å². The van der Waals surface area contributed by atoms with Crippen LogP contribution in [0.25, 0.3) is 0 Å². The number of halogens is 1. The SMILES string of the molecule is COC(=O)[SH](CC(C)C)n1nc(Cl)c(C)cc1=O. The van der Waals surface area contributed by atoms with Crippen LogP contribution < -0.4 is 5.56 Å². The van der Waals surface area contributed by atoms with Crippen molar-refractivity contribution in [2.45, 2.75) is 20.8 Å². The lowest BCUT2D eigenvalue weighted by Crippen LogP contribution is -2.27. The van der Waals surface area contributed by atoms with Gasteiger partial charge in [0, 0.05) is 11.8 Å². The van der Waals surface area contributed by atoms with E-state index < -0.39 is 16.4 Å². The Morgan fingerprint density at radius 2 is 2.22 bits per heavy atom. The molecule has 1 rings (SSSR count). The van der Waals surface area contributed by atoms with Gasteiger partial charge in [-0.05, 0) is 18.4 Å². The fourth-order valence-electron chi connectivity index (χ4n) is 1.37. The number of methoxy groups -OCH3 is 1. The molecule has 0 radical (unpaired) electrons. The monoisotopic (exact) mass is 292 g/mol. The molecule has 0 aromatic carbocycles. The molecule has 0 aliphatic carbocycles. The highest BCUT2D eigenvalue weighted by molar-refractivity contribution is 8.28. The van der Waals surface area contributed by atoms with Crippen LogP contribution >= 0.6 is 22.7 Å². The molecular formula is C11H17ClN2O3S. The molecule has 0 N–H and O–H groups in total. The first kappa shape index (κ1) is 15.0. The van der Waals surface area contributed by atoms with Gasteiger partial charge in [0.05, 0.1) is 7.11 Å². The molecule has 7 heteroatoms. The number of hydrogen-bond donors (Lipinski definition) is 1. The van der Waals surface area contributed by atoms with Crippen LogP contribution in [-0.2, 0) is 4.74 Å². The van der Waals surface area contributed by atoms with Gasteiger partial charge in [0.2, 0.25) is 0 Å². The third-order valence-electron chi connectivity index (χ3n) is 2.20. The average Bonchev–Trinajstić information content (AvgIpc) is 2.30. The molecule has 0 bridgehead atoms. The predicted molar refractivity (Wildman–Crippen MR) is 74.7 cm³/mol. The number of rotatable bonds is 3. The zero-order chi connectivity index (χ0) is 13.9. The van der Waals surface area contributed by atoms with E-state index in [-0.39, 0.29) is 16.6 Å². The van der Waals surface area contributed by atoms with Crippen molar-refractivity contribution in [3.8, 4) is 0 Å². The average molecular weight is 293 g/mol. The van der Waals surface area contributed by atoms with E-state index in [1.54, 1.807) is 6.92 Å². The fourth-order valence-corrected chi connectivity index (χ4v) is 3.40. The number of aryl methyl sites for hydroxylation is 1. The summed E-state index contributed by atoms with van der Waals surface area (Å²) in [7, 11) is 1.30. The Bertz CT molecular complexity index is 502. The third kappa shape index (κ3) is 3.49. The molecule has 18 heavy (non-hydrogen) atoms. The van der Waals surface area contributed by atoms with Gasteiger partial charge in [0.15, 0.2) is 5.15 Å². The van der Waals surface area contributed by atoms with E-state index >= 15 is 0 Å². The number of aromatic nitrogens is 2. The van der Waals surface area contributed by atoms with E-state index in [9.17, 15) is 9.59 Å². The zero-order valence-electron chi connectivity index (χ0n) is 10.8. The Hall–Kier alpha value is -1.01. The maximum Gasteiger partial charge on any atom is 0.365 e. The van der Waals surface area contributed by atoms with Gasteiger partial charge in [-0.3, -0.25) is 4.79 Å². The van der Waals surface area contributed by atoms with Crippen molar-refractivity contribution in [2.24, 2.45) is 5.92 Å². The van der Waals surface area contributed by atoms with Crippen molar-refractivity contribution < 1.29 is 9.53 Å². The highest BCUT2D eigenvalue weighted by atomic mass is 35.5. The van der Waals surface area contributed by atoms with Crippen LogP contribution in [0.15, 0.2) is 10.9 Å². The lowest BCUT2D eigenvalue weighted by Gasteiger charge is -2.21. The van der Waals surface area contributed by atoms with E-state index in [1.807, 2.05) is 13.8 Å². The van der Waals surface area contributed by atoms with Crippen molar-refractivity contribution >= 4 is 28.0 Å². The topological polar surface area (TPSA) is 61.2 Å². The lowest BCUT2D eigenvalue weighted by atomic mass is 10.3. The van der Waals surface area contributed by atoms with Crippen LogP contribution in [-0.4, -0.2) is 27.3 Å². The second-order valence-corrected chi connectivity index (χ2v) is 6.56. The molecule has 102 valence electrons. The van der Waals surface area contributed by atoms with Crippen molar-refractivity contribution in [1.29, 1.82) is 0 Å². The predicted octanol–water partition coefficient (Wildman–Crippen LogP) is 2.39. The van der Waals surface area contributed by atoms with E-state index in [2.05, 4.69) is 5.10 Å². The number of thiol groups is 1. The largest absolute Gasteiger partial charge is 0.461 e. The Balaban J connectivity index is 3.24. The summed E-state index contributed by atoms with van der Waals surface area (Å²) < 4.78 is 5.90. The number of carbonyl (C=O) groups is 1. The summed E-state index contributed by atoms with van der Waals surface area (Å²) in [4.78, 5) is 23.6. The highest BCUT2D eigenvalue weighted by Gasteiger charge is 2.21. The zero-order valence-corrected chi connectivity index (χ0v) is 12.5. The third-order valence-corrected chi connectivity index (χ3v) is 4.99. The van der Waals surface area contributed by atoms with Crippen LogP contribution in [0.5, 0.6) is 0 Å². The standard InChI is InChI=1S/C11H17ClN2O3S/c1-7(2)6-18(11(16)17-4)14-9(15)5-8(3)10(12)13-14/h5,7,18H,6H2,1-4H3. The summed E-state index contributed by atoms with van der Waals surface area (Å²) in [6, 6.07) is 1.38. The summed E-state index contributed by atoms with van der Waals surface area (Å²) in [5, 5.41) is 3.80. The second-order valence-electron chi connectivity index (χ2n) is 4.29. The minimum atomic E-state index is -1.46. The Morgan fingerprint density at radius 1 is 1.61 bits per heavy atom. The van der Waals surface area contributed by atoms with E-state index in [0.717, 1.165) is 4.09 Å². The van der Waals surface area contributed by atoms with Crippen LogP contribution in [0.4, 0.5) is 4.79 Å². The van der Waals surface area contributed by atoms with Crippen molar-refractivity contribution in [3.05, 3.63) is 27.1 Å². The Labute approximate surface area is 114 Å². The smallest absolute Gasteiger partial charge is 0.365 e. The first-order valence-electron chi connectivity index (χ1n) is 5.49. The number of hydrogen-bond acceptors (Lipinski definition) is 4. The van der Waals surface area contributed by atoms with E-state index in [0.29, 0.717) is 11.3 Å². The van der Waals surface area contributed by atoms with Gasteiger partial charge >= 0.3 is 5.30 Å². The lowest BCUT2D eigenvalue weighted by molar-refractivity contribution is 0.199. The Morgan fingerprint density at radius 3 is 2.72 bits per heavy atom. The molecule has 0 aliphatic heterocycles. The molecule has 1 atom stereocenters. The van der Waals surface area contributed by atoms with Crippen molar-refractivity contribution in [2.75, 3.05) is 12.9 Å². The molecule has 0 spiro atoms. The van der Waals surface area contributed by atoms with E-state index in [4.69, 9.17) is 16.3 Å². The maximum atomic E-state index is 11.9. The molecule has 0 aliphatic rings. The maximum absolute atomic E-state index is 11.9. The molecule has 1 aromatic heterocycles. The molecule has 1 heterocycles. The molecule has 1 aromatic rings. The van der Waals surface area contributed by atoms with Crippen molar-refractivity contribution in [3.63, 3.8) is 0 Å². The number of nitrogens with zero attached hydrogens (tertiary/aromatic N) is 2. The highest BCUT2D eigenvalue weighted by Crippen LogP contribution is 2.30. The van der Waals surface area contributed by atoms with Crippen molar-refractivity contribution in [1.82, 2.24) is 9.19 Å². The van der Waals surface area contributed by atoms with Gasteiger partial charge in [0.1, 0.15) is 0 Å². The molecule has 0 saturated carbocycles. The minimum Gasteiger partial charge on any atom is -0.461 e. The molecule has 5 nitrogen and oxygen atoms in total. The quantitative estimate of drug-likeness (QED) is 0.686.